The zero-order chi connectivity index (χ0) is 30.3. The van der Waals surface area contributed by atoms with Crippen LogP contribution in [0.4, 0.5) is 5.69 Å². The van der Waals surface area contributed by atoms with Crippen molar-refractivity contribution in [2.75, 3.05) is 18.0 Å². The summed E-state index contributed by atoms with van der Waals surface area (Å²) < 4.78 is 34.7. The molecule has 1 N–H and O–H groups in total. The Morgan fingerprint density at radius 2 is 1.67 bits per heavy atom. The van der Waals surface area contributed by atoms with E-state index in [1.807, 2.05) is 51.1 Å². The summed E-state index contributed by atoms with van der Waals surface area (Å²) in [6.07, 6.45) is 4.35. The second kappa shape index (κ2) is 13.9. The van der Waals surface area contributed by atoms with E-state index in [0.29, 0.717) is 17.9 Å². The van der Waals surface area contributed by atoms with Crippen molar-refractivity contribution >= 4 is 27.5 Å². The summed E-state index contributed by atoms with van der Waals surface area (Å²) in [5, 5.41) is 3.14. The number of nitrogens with zero attached hydrogens (tertiary/aromatic N) is 2. The standard InChI is InChI=1S/C33H41N3O5S/c1-5-30(33(38)34-27-15-9-10-16-27)35(22-26-14-12-17-28(21-26)41-4)32(37)23-36(31-20-11-13-24(2)25(31)3)42(39,40)29-18-7-6-8-19-29/h6-8,11-14,17-21,27,30H,5,9-10,15-16,22-23H2,1-4H3,(H,34,38)/t30-/m0/s1. The molecule has 1 aliphatic rings. The van der Waals surface area contributed by atoms with Crippen molar-refractivity contribution in [1.29, 1.82) is 0 Å². The average molecular weight is 592 g/mol. The van der Waals surface area contributed by atoms with Gasteiger partial charge in [-0.2, -0.15) is 0 Å². The first-order valence-corrected chi connectivity index (χ1v) is 16.0. The van der Waals surface area contributed by atoms with E-state index in [2.05, 4.69) is 5.32 Å². The minimum Gasteiger partial charge on any atom is -0.497 e. The first-order chi connectivity index (χ1) is 20.1. The van der Waals surface area contributed by atoms with E-state index in [4.69, 9.17) is 4.74 Å². The average Bonchev–Trinajstić information content (AvgIpc) is 3.51. The van der Waals surface area contributed by atoms with Gasteiger partial charge in [0.15, 0.2) is 0 Å². The molecule has 0 unspecified atom stereocenters. The SMILES string of the molecule is CC[C@@H](C(=O)NC1CCCC1)N(Cc1cccc(OC)c1)C(=O)CN(c1cccc(C)c1C)S(=O)(=O)c1ccccc1. The van der Waals surface area contributed by atoms with E-state index in [0.717, 1.165) is 42.4 Å². The molecule has 1 saturated carbocycles. The molecular formula is C33H41N3O5S. The predicted octanol–water partition coefficient (Wildman–Crippen LogP) is 5.37. The molecule has 0 aliphatic heterocycles. The van der Waals surface area contributed by atoms with Gasteiger partial charge < -0.3 is 15.0 Å². The third-order valence-corrected chi connectivity index (χ3v) is 9.80. The lowest BCUT2D eigenvalue weighted by molar-refractivity contribution is -0.140. The van der Waals surface area contributed by atoms with Crippen molar-refractivity contribution in [2.24, 2.45) is 0 Å². The van der Waals surface area contributed by atoms with Crippen LogP contribution in [0.15, 0.2) is 77.7 Å². The number of methoxy groups -OCH3 is 1. The quantitative estimate of drug-likeness (QED) is 0.305. The number of carbonyl (C=O) groups excluding carboxylic acids is 2. The van der Waals surface area contributed by atoms with Crippen LogP contribution >= 0.6 is 0 Å². The lowest BCUT2D eigenvalue weighted by Gasteiger charge is -2.34. The van der Waals surface area contributed by atoms with Gasteiger partial charge in [0, 0.05) is 12.6 Å². The summed E-state index contributed by atoms with van der Waals surface area (Å²) in [5.41, 5.74) is 2.87. The molecule has 1 atom stereocenters. The molecule has 8 nitrogen and oxygen atoms in total. The molecule has 0 saturated heterocycles. The molecule has 3 aromatic rings. The fraction of sp³-hybridized carbons (Fsp3) is 0.394. The van der Waals surface area contributed by atoms with Crippen LogP contribution in [-0.2, 0) is 26.2 Å². The summed E-state index contributed by atoms with van der Waals surface area (Å²) in [6, 6.07) is 20.2. The Hall–Kier alpha value is -3.85. The van der Waals surface area contributed by atoms with Crippen molar-refractivity contribution in [3.63, 3.8) is 0 Å². The summed E-state index contributed by atoms with van der Waals surface area (Å²) in [4.78, 5) is 29.5. The number of amides is 2. The monoisotopic (exact) mass is 591 g/mol. The molecule has 0 bridgehead atoms. The molecule has 2 amide bonds. The molecule has 42 heavy (non-hydrogen) atoms. The molecular weight excluding hydrogens is 550 g/mol. The zero-order valence-electron chi connectivity index (χ0n) is 24.9. The molecule has 0 radical (unpaired) electrons. The second-order valence-corrected chi connectivity index (χ2v) is 12.7. The highest BCUT2D eigenvalue weighted by molar-refractivity contribution is 7.92. The lowest BCUT2D eigenvalue weighted by Crippen LogP contribution is -2.53. The van der Waals surface area contributed by atoms with Gasteiger partial charge in [-0.15, -0.1) is 0 Å². The Balaban J connectivity index is 1.74. The van der Waals surface area contributed by atoms with E-state index >= 15 is 0 Å². The molecule has 0 heterocycles. The number of hydrogen-bond donors (Lipinski definition) is 1. The molecule has 224 valence electrons. The Kier molecular flexibility index (Phi) is 10.3. The van der Waals surface area contributed by atoms with Crippen LogP contribution in [0.25, 0.3) is 0 Å². The van der Waals surface area contributed by atoms with Crippen molar-refractivity contribution in [3.05, 3.63) is 89.5 Å². The highest BCUT2D eigenvalue weighted by Crippen LogP contribution is 2.29. The summed E-state index contributed by atoms with van der Waals surface area (Å²) in [5.74, 6) is -0.0523. The summed E-state index contributed by atoms with van der Waals surface area (Å²) in [7, 11) is -2.54. The highest BCUT2D eigenvalue weighted by Gasteiger charge is 2.35. The maximum absolute atomic E-state index is 14.3. The van der Waals surface area contributed by atoms with Crippen molar-refractivity contribution < 1.29 is 22.7 Å². The van der Waals surface area contributed by atoms with Crippen LogP contribution in [0.1, 0.15) is 55.7 Å². The third kappa shape index (κ3) is 7.13. The van der Waals surface area contributed by atoms with E-state index < -0.39 is 28.5 Å². The first kappa shape index (κ1) is 31.1. The van der Waals surface area contributed by atoms with Crippen molar-refractivity contribution in [2.45, 2.75) is 76.4 Å². The smallest absolute Gasteiger partial charge is 0.264 e. The summed E-state index contributed by atoms with van der Waals surface area (Å²) >= 11 is 0. The minimum absolute atomic E-state index is 0.0871. The van der Waals surface area contributed by atoms with Gasteiger partial charge in [0.2, 0.25) is 11.8 Å². The number of anilines is 1. The number of nitrogens with one attached hydrogen (secondary N) is 1. The van der Waals surface area contributed by atoms with E-state index in [9.17, 15) is 18.0 Å². The van der Waals surface area contributed by atoms with Crippen molar-refractivity contribution in [3.8, 4) is 5.75 Å². The number of hydrogen-bond acceptors (Lipinski definition) is 5. The normalized spacial score (nSPS) is 14.3. The molecule has 9 heteroatoms. The van der Waals surface area contributed by atoms with Gasteiger partial charge in [-0.1, -0.05) is 62.2 Å². The van der Waals surface area contributed by atoms with Gasteiger partial charge in [0.05, 0.1) is 17.7 Å². The van der Waals surface area contributed by atoms with Gasteiger partial charge in [-0.05, 0) is 80.1 Å². The van der Waals surface area contributed by atoms with E-state index in [1.165, 1.54) is 21.3 Å². The van der Waals surface area contributed by atoms with Gasteiger partial charge >= 0.3 is 0 Å². The van der Waals surface area contributed by atoms with Gasteiger partial charge in [0.1, 0.15) is 18.3 Å². The van der Waals surface area contributed by atoms with Crippen LogP contribution in [0, 0.1) is 13.8 Å². The molecule has 1 fully saturated rings. The summed E-state index contributed by atoms with van der Waals surface area (Å²) in [6.45, 7) is 5.29. The Labute approximate surface area is 249 Å². The fourth-order valence-electron chi connectivity index (χ4n) is 5.49. The Morgan fingerprint density at radius 1 is 0.976 bits per heavy atom. The molecule has 4 rings (SSSR count). The van der Waals surface area contributed by atoms with E-state index in [1.54, 1.807) is 37.4 Å². The third-order valence-electron chi connectivity index (χ3n) is 8.03. The van der Waals surface area contributed by atoms with Gasteiger partial charge in [0.25, 0.3) is 10.0 Å². The van der Waals surface area contributed by atoms with Crippen LogP contribution in [0.5, 0.6) is 5.75 Å². The van der Waals surface area contributed by atoms with Crippen LogP contribution in [0.3, 0.4) is 0 Å². The second-order valence-electron chi connectivity index (χ2n) is 10.8. The molecule has 1 aliphatic carbocycles. The van der Waals surface area contributed by atoms with Crippen LogP contribution in [0.2, 0.25) is 0 Å². The largest absolute Gasteiger partial charge is 0.497 e. The number of aryl methyl sites for hydroxylation is 1. The number of ether oxygens (including phenoxy) is 1. The molecule has 3 aromatic carbocycles. The highest BCUT2D eigenvalue weighted by atomic mass is 32.2. The maximum Gasteiger partial charge on any atom is 0.264 e. The van der Waals surface area contributed by atoms with E-state index in [-0.39, 0.29) is 23.4 Å². The number of benzene rings is 3. The number of carbonyl (C=O) groups is 2. The zero-order valence-corrected chi connectivity index (χ0v) is 25.7. The van der Waals surface area contributed by atoms with Crippen LogP contribution in [-0.4, -0.2) is 50.9 Å². The minimum atomic E-state index is -4.11. The Morgan fingerprint density at radius 3 is 2.33 bits per heavy atom. The predicted molar refractivity (Wildman–Crippen MR) is 165 cm³/mol. The molecule has 0 aromatic heterocycles. The van der Waals surface area contributed by atoms with Crippen molar-refractivity contribution in [1.82, 2.24) is 10.2 Å². The molecule has 0 spiro atoms. The van der Waals surface area contributed by atoms with Gasteiger partial charge in [-0.25, -0.2) is 8.42 Å². The first-order valence-electron chi connectivity index (χ1n) is 14.5. The topological polar surface area (TPSA) is 96.0 Å². The maximum atomic E-state index is 14.3. The number of rotatable bonds is 12. The lowest BCUT2D eigenvalue weighted by atomic mass is 10.1. The Bertz CT molecular complexity index is 1490. The fourth-order valence-corrected chi connectivity index (χ4v) is 6.99. The van der Waals surface area contributed by atoms with Crippen LogP contribution < -0.4 is 14.4 Å². The van der Waals surface area contributed by atoms with Gasteiger partial charge in [-0.3, -0.25) is 13.9 Å². The number of sulfonamides is 1.